The van der Waals surface area contributed by atoms with Crippen molar-refractivity contribution in [1.82, 2.24) is 5.32 Å². The van der Waals surface area contributed by atoms with Crippen LogP contribution in [0.2, 0.25) is 0 Å². The van der Waals surface area contributed by atoms with Gasteiger partial charge in [-0.25, -0.2) is 4.79 Å². The van der Waals surface area contributed by atoms with Crippen LogP contribution in [0.3, 0.4) is 0 Å². The molecule has 0 unspecified atom stereocenters. The first-order chi connectivity index (χ1) is 17.6. The van der Waals surface area contributed by atoms with Crippen LogP contribution >= 0.6 is 34.8 Å². The van der Waals surface area contributed by atoms with Crippen LogP contribution in [0.15, 0.2) is 60.7 Å². The molecule has 5 atom stereocenters. The fraction of sp³-hybridized carbons (Fsp3) is 0.500. The van der Waals surface area contributed by atoms with E-state index >= 15 is 0 Å². The van der Waals surface area contributed by atoms with E-state index in [1.807, 2.05) is 74.5 Å². The zero-order chi connectivity index (χ0) is 26.5. The van der Waals surface area contributed by atoms with E-state index in [0.29, 0.717) is 0 Å². The second-order valence-corrected chi connectivity index (χ2v) is 11.8. The highest BCUT2D eigenvalue weighted by atomic mass is 35.6. The first-order valence-electron chi connectivity index (χ1n) is 11.9. The van der Waals surface area contributed by atoms with Crippen molar-refractivity contribution in [2.24, 2.45) is 0 Å². The van der Waals surface area contributed by atoms with Gasteiger partial charge in [-0.2, -0.15) is 0 Å². The number of benzene rings is 2. The molecule has 0 saturated carbocycles. The summed E-state index contributed by atoms with van der Waals surface area (Å²) in [6, 6.07) is 18.5. The average molecular weight is 575 g/mol. The van der Waals surface area contributed by atoms with Crippen molar-refractivity contribution < 1.29 is 33.2 Å². The molecule has 202 valence electrons. The van der Waals surface area contributed by atoms with Gasteiger partial charge in [0, 0.05) is 0 Å². The fourth-order valence-corrected chi connectivity index (χ4v) is 4.33. The number of hydrogen-bond donors (Lipinski definition) is 1. The Labute approximate surface area is 231 Å². The normalized spacial score (nSPS) is 27.2. The fourth-order valence-electron chi connectivity index (χ4n) is 4.16. The van der Waals surface area contributed by atoms with Crippen LogP contribution in [-0.2, 0) is 41.6 Å². The van der Waals surface area contributed by atoms with Crippen LogP contribution in [0.25, 0.3) is 0 Å². The summed E-state index contributed by atoms with van der Waals surface area (Å²) in [4.78, 5) is 12.7. The van der Waals surface area contributed by atoms with Crippen molar-refractivity contribution in [2.75, 3.05) is 13.2 Å². The molecule has 2 heterocycles. The number of halogens is 3. The van der Waals surface area contributed by atoms with Gasteiger partial charge in [-0.15, -0.1) is 0 Å². The molecule has 2 aromatic rings. The predicted molar refractivity (Wildman–Crippen MR) is 138 cm³/mol. The quantitative estimate of drug-likeness (QED) is 0.438. The lowest BCUT2D eigenvalue weighted by Gasteiger charge is -2.51. The number of amides is 1. The van der Waals surface area contributed by atoms with E-state index in [1.165, 1.54) is 0 Å². The Kier molecular flexibility index (Phi) is 9.58. The number of nitrogens with one attached hydrogen (secondary N) is 1. The van der Waals surface area contributed by atoms with Gasteiger partial charge in [-0.1, -0.05) is 95.5 Å². The van der Waals surface area contributed by atoms with Gasteiger partial charge in [0.15, 0.2) is 12.1 Å². The molecule has 2 saturated heterocycles. The van der Waals surface area contributed by atoms with Gasteiger partial charge in [-0.3, -0.25) is 0 Å². The highest BCUT2D eigenvalue weighted by Gasteiger charge is 2.53. The zero-order valence-corrected chi connectivity index (χ0v) is 22.7. The largest absolute Gasteiger partial charge is 0.445 e. The standard InChI is InChI=1S/C26H30Cl3NO7/c1-25(2)35-15-19-21(37-25)22(32-13-17-9-5-3-6-10-17)20(30-24(31)34-16-26(27,28)29)23(36-19)33-14-18-11-7-4-8-12-18/h3-12,19-23H,13-16H2,1-2H3,(H,30,31)/t19-,20-,21-,22-,23+/m1/s1. The monoisotopic (exact) mass is 573 g/mol. The van der Waals surface area contributed by atoms with Gasteiger partial charge in [0.1, 0.15) is 31.0 Å². The van der Waals surface area contributed by atoms with E-state index in [0.717, 1.165) is 11.1 Å². The van der Waals surface area contributed by atoms with Gasteiger partial charge >= 0.3 is 6.09 Å². The van der Waals surface area contributed by atoms with E-state index in [-0.39, 0.29) is 19.8 Å². The summed E-state index contributed by atoms with van der Waals surface area (Å²) in [5, 5.41) is 2.79. The second-order valence-electron chi connectivity index (χ2n) is 9.26. The molecule has 11 heteroatoms. The third-order valence-corrected chi connectivity index (χ3v) is 6.18. The third kappa shape index (κ3) is 8.43. The summed E-state index contributed by atoms with van der Waals surface area (Å²) in [7, 11) is 0. The molecule has 0 radical (unpaired) electrons. The molecule has 0 aliphatic carbocycles. The number of fused-ring (bicyclic) bond motifs is 1. The van der Waals surface area contributed by atoms with Gasteiger partial charge in [0.2, 0.25) is 3.79 Å². The van der Waals surface area contributed by atoms with E-state index in [1.54, 1.807) is 0 Å². The first kappa shape index (κ1) is 28.4. The first-order valence-corrected chi connectivity index (χ1v) is 13.0. The van der Waals surface area contributed by atoms with Gasteiger partial charge in [-0.05, 0) is 25.0 Å². The molecule has 37 heavy (non-hydrogen) atoms. The summed E-state index contributed by atoms with van der Waals surface area (Å²) < 4.78 is 34.2. The molecule has 0 aromatic heterocycles. The Morgan fingerprint density at radius 1 is 1.00 bits per heavy atom. The summed E-state index contributed by atoms with van der Waals surface area (Å²) in [5.41, 5.74) is 1.89. The van der Waals surface area contributed by atoms with Crippen molar-refractivity contribution in [2.45, 2.75) is 67.3 Å². The Morgan fingerprint density at radius 3 is 2.19 bits per heavy atom. The number of alkyl halides is 3. The Bertz CT molecular complexity index is 1010. The molecule has 2 aliphatic rings. The number of rotatable bonds is 8. The van der Waals surface area contributed by atoms with Crippen LogP contribution in [-0.4, -0.2) is 59.5 Å². The van der Waals surface area contributed by atoms with Crippen LogP contribution in [0.5, 0.6) is 0 Å². The molecule has 0 bridgehead atoms. The van der Waals surface area contributed by atoms with Crippen molar-refractivity contribution in [3.05, 3.63) is 71.8 Å². The lowest BCUT2D eigenvalue weighted by atomic mass is 9.95. The molecular weight excluding hydrogens is 545 g/mol. The predicted octanol–water partition coefficient (Wildman–Crippen LogP) is 5.13. The number of ether oxygens (including phenoxy) is 6. The minimum atomic E-state index is -1.76. The van der Waals surface area contributed by atoms with Crippen LogP contribution in [0.4, 0.5) is 4.79 Å². The maximum absolute atomic E-state index is 12.7. The SMILES string of the molecule is CC1(C)OC[C@H]2O[C@H](OCc3ccccc3)[C@H](NC(=O)OCC(Cl)(Cl)Cl)[C@@H](OCc3ccccc3)[C@@H]2O1. The van der Waals surface area contributed by atoms with Gasteiger partial charge in [0.05, 0.1) is 19.8 Å². The summed E-state index contributed by atoms with van der Waals surface area (Å²) in [5.74, 6) is -0.878. The zero-order valence-electron chi connectivity index (χ0n) is 20.5. The minimum Gasteiger partial charge on any atom is -0.445 e. The average Bonchev–Trinajstić information content (AvgIpc) is 2.86. The molecule has 2 fully saturated rings. The van der Waals surface area contributed by atoms with Gasteiger partial charge in [0.25, 0.3) is 0 Å². The highest BCUT2D eigenvalue weighted by Crippen LogP contribution is 2.35. The number of carbonyl (C=O) groups excluding carboxylic acids is 1. The summed E-state index contributed by atoms with van der Waals surface area (Å²) >= 11 is 17.3. The molecule has 4 rings (SSSR count). The van der Waals surface area contributed by atoms with Crippen LogP contribution < -0.4 is 5.32 Å². The van der Waals surface area contributed by atoms with E-state index in [9.17, 15) is 4.79 Å². The van der Waals surface area contributed by atoms with Gasteiger partial charge < -0.3 is 33.7 Å². The van der Waals surface area contributed by atoms with Crippen molar-refractivity contribution in [3.63, 3.8) is 0 Å². The molecule has 0 spiro atoms. The molecule has 1 N–H and O–H groups in total. The number of alkyl carbamates (subject to hydrolysis) is 1. The Balaban J connectivity index is 1.58. The molecule has 1 amide bonds. The van der Waals surface area contributed by atoms with E-state index in [4.69, 9.17) is 63.2 Å². The smallest absolute Gasteiger partial charge is 0.407 e. The molecule has 8 nitrogen and oxygen atoms in total. The van der Waals surface area contributed by atoms with Crippen molar-refractivity contribution in [3.8, 4) is 0 Å². The van der Waals surface area contributed by atoms with Crippen molar-refractivity contribution >= 4 is 40.9 Å². The summed E-state index contributed by atoms with van der Waals surface area (Å²) in [6.07, 6.45) is -3.46. The maximum Gasteiger partial charge on any atom is 0.407 e. The molecule has 2 aliphatic heterocycles. The van der Waals surface area contributed by atoms with E-state index < -0.39 is 52.9 Å². The molecule has 2 aromatic carbocycles. The summed E-state index contributed by atoms with van der Waals surface area (Å²) in [6.45, 7) is 3.96. The third-order valence-electron chi connectivity index (χ3n) is 5.86. The van der Waals surface area contributed by atoms with Crippen LogP contribution in [0.1, 0.15) is 25.0 Å². The number of carbonyl (C=O) groups is 1. The lowest BCUT2D eigenvalue weighted by Crippen LogP contribution is -2.69. The minimum absolute atomic E-state index is 0.239. The number of hydrogen-bond acceptors (Lipinski definition) is 7. The lowest BCUT2D eigenvalue weighted by molar-refractivity contribution is -0.374. The highest BCUT2D eigenvalue weighted by molar-refractivity contribution is 6.67. The Hall–Kier alpha value is -1.62. The second kappa shape index (κ2) is 12.5. The topological polar surface area (TPSA) is 84.5 Å². The Morgan fingerprint density at radius 2 is 1.59 bits per heavy atom. The molecular formula is C26H30Cl3NO7. The van der Waals surface area contributed by atoms with E-state index in [2.05, 4.69) is 5.32 Å². The maximum atomic E-state index is 12.7. The van der Waals surface area contributed by atoms with Crippen LogP contribution in [0, 0.1) is 0 Å². The van der Waals surface area contributed by atoms with Crippen molar-refractivity contribution in [1.29, 1.82) is 0 Å².